The molecular weight excluding hydrogens is 282 g/mol. The number of nitrogens with one attached hydrogen (secondary N) is 1. The van der Waals surface area contributed by atoms with E-state index in [-0.39, 0.29) is 0 Å². The molecule has 122 valence electrons. The zero-order valence-corrected chi connectivity index (χ0v) is 14.9. The van der Waals surface area contributed by atoms with Crippen molar-refractivity contribution < 1.29 is 4.74 Å². The van der Waals surface area contributed by atoms with Gasteiger partial charge in [0.15, 0.2) is 5.96 Å². The maximum absolute atomic E-state index is 5.62. The van der Waals surface area contributed by atoms with Crippen molar-refractivity contribution in [1.82, 2.24) is 10.2 Å². The third kappa shape index (κ3) is 3.67. The molecule has 0 aliphatic carbocycles. The molecule has 1 spiro atoms. The lowest BCUT2D eigenvalue weighted by Crippen LogP contribution is -2.47. The largest absolute Gasteiger partial charge is 0.381 e. The SMILES string of the molecule is CCC(CC)(CNC(=NC)N1CCC2(CCOC2)C1)SC. The molecule has 2 rings (SSSR count). The highest BCUT2D eigenvalue weighted by Gasteiger charge is 2.42. The topological polar surface area (TPSA) is 36.9 Å². The van der Waals surface area contributed by atoms with E-state index in [4.69, 9.17) is 4.74 Å². The molecule has 0 aromatic carbocycles. The van der Waals surface area contributed by atoms with Gasteiger partial charge in [0.1, 0.15) is 0 Å². The van der Waals surface area contributed by atoms with E-state index < -0.39 is 0 Å². The molecule has 5 heteroatoms. The van der Waals surface area contributed by atoms with Gasteiger partial charge in [-0.1, -0.05) is 13.8 Å². The fourth-order valence-electron chi connectivity index (χ4n) is 3.52. The van der Waals surface area contributed by atoms with E-state index in [1.807, 2.05) is 18.8 Å². The van der Waals surface area contributed by atoms with E-state index in [1.54, 1.807) is 0 Å². The molecule has 0 aromatic heterocycles. The molecule has 0 radical (unpaired) electrons. The Labute approximate surface area is 134 Å². The average Bonchev–Trinajstić information content (AvgIpc) is 3.15. The third-order valence-electron chi connectivity index (χ3n) is 5.42. The van der Waals surface area contributed by atoms with Crippen LogP contribution in [0.1, 0.15) is 39.5 Å². The summed E-state index contributed by atoms with van der Waals surface area (Å²) in [6.07, 6.45) is 7.04. The van der Waals surface area contributed by atoms with Crippen molar-refractivity contribution >= 4 is 17.7 Å². The van der Waals surface area contributed by atoms with Crippen LogP contribution in [-0.2, 0) is 4.74 Å². The number of likely N-dealkylation sites (tertiary alicyclic amines) is 1. The van der Waals surface area contributed by atoms with Crippen molar-refractivity contribution in [3.63, 3.8) is 0 Å². The van der Waals surface area contributed by atoms with Crippen LogP contribution in [-0.4, -0.2) is 61.8 Å². The predicted molar refractivity (Wildman–Crippen MR) is 92.2 cm³/mol. The highest BCUT2D eigenvalue weighted by molar-refractivity contribution is 8.00. The minimum atomic E-state index is 0.323. The molecule has 0 aromatic rings. The Morgan fingerprint density at radius 1 is 1.38 bits per heavy atom. The van der Waals surface area contributed by atoms with E-state index in [0.717, 1.165) is 38.8 Å². The normalized spacial score (nSPS) is 26.9. The van der Waals surface area contributed by atoms with Gasteiger partial charge in [0.25, 0.3) is 0 Å². The highest BCUT2D eigenvalue weighted by atomic mass is 32.2. The Hall–Kier alpha value is -0.420. The van der Waals surface area contributed by atoms with Crippen molar-refractivity contribution in [2.45, 2.75) is 44.3 Å². The van der Waals surface area contributed by atoms with Crippen molar-refractivity contribution in [2.24, 2.45) is 10.4 Å². The van der Waals surface area contributed by atoms with Gasteiger partial charge in [0.2, 0.25) is 0 Å². The second kappa shape index (κ2) is 7.23. The number of nitrogens with zero attached hydrogens (tertiary/aromatic N) is 2. The van der Waals surface area contributed by atoms with Gasteiger partial charge in [-0.15, -0.1) is 0 Å². The maximum Gasteiger partial charge on any atom is 0.193 e. The summed E-state index contributed by atoms with van der Waals surface area (Å²) in [4.78, 5) is 6.93. The van der Waals surface area contributed by atoms with Crippen LogP contribution >= 0.6 is 11.8 Å². The fraction of sp³-hybridized carbons (Fsp3) is 0.938. The quantitative estimate of drug-likeness (QED) is 0.625. The first-order chi connectivity index (χ1) is 10.1. The van der Waals surface area contributed by atoms with E-state index in [0.29, 0.717) is 10.2 Å². The monoisotopic (exact) mass is 313 g/mol. The Morgan fingerprint density at radius 2 is 2.14 bits per heavy atom. The molecule has 2 fully saturated rings. The zero-order valence-electron chi connectivity index (χ0n) is 14.1. The summed E-state index contributed by atoms with van der Waals surface area (Å²) in [6.45, 7) is 9.62. The lowest BCUT2D eigenvalue weighted by molar-refractivity contribution is 0.156. The van der Waals surface area contributed by atoms with Crippen LogP contribution in [0.25, 0.3) is 0 Å². The third-order valence-corrected chi connectivity index (χ3v) is 7.01. The lowest BCUT2D eigenvalue weighted by Gasteiger charge is -2.32. The van der Waals surface area contributed by atoms with E-state index >= 15 is 0 Å². The van der Waals surface area contributed by atoms with Gasteiger partial charge in [0.05, 0.1) is 6.61 Å². The molecule has 1 atom stereocenters. The molecule has 0 saturated carbocycles. The molecule has 2 saturated heterocycles. The number of aliphatic imine (C=N–C) groups is 1. The summed E-state index contributed by atoms with van der Waals surface area (Å²) in [5, 5.41) is 3.63. The molecule has 4 nitrogen and oxygen atoms in total. The second-order valence-corrected chi connectivity index (χ2v) is 7.74. The maximum atomic E-state index is 5.62. The molecule has 0 bridgehead atoms. The van der Waals surface area contributed by atoms with Gasteiger partial charge in [0, 0.05) is 43.5 Å². The first-order valence-corrected chi connectivity index (χ1v) is 9.43. The summed E-state index contributed by atoms with van der Waals surface area (Å²) in [7, 11) is 1.90. The van der Waals surface area contributed by atoms with Crippen LogP contribution < -0.4 is 5.32 Å². The Balaban J connectivity index is 1.92. The van der Waals surface area contributed by atoms with Crippen molar-refractivity contribution in [3.05, 3.63) is 0 Å². The molecule has 1 N–H and O–H groups in total. The van der Waals surface area contributed by atoms with Gasteiger partial charge >= 0.3 is 0 Å². The molecule has 1 unspecified atom stereocenters. The van der Waals surface area contributed by atoms with Crippen molar-refractivity contribution in [1.29, 1.82) is 0 Å². The second-order valence-electron chi connectivity index (χ2n) is 6.47. The number of hydrogen-bond donors (Lipinski definition) is 1. The van der Waals surface area contributed by atoms with E-state index in [2.05, 4.69) is 35.3 Å². The first-order valence-electron chi connectivity index (χ1n) is 8.21. The minimum Gasteiger partial charge on any atom is -0.381 e. The molecule has 0 amide bonds. The van der Waals surface area contributed by atoms with Gasteiger partial charge < -0.3 is 15.0 Å². The predicted octanol–water partition coefficient (Wildman–Crippen LogP) is 2.60. The summed E-state index contributed by atoms with van der Waals surface area (Å²) in [5.74, 6) is 1.07. The molecule has 21 heavy (non-hydrogen) atoms. The number of thioether (sulfide) groups is 1. The van der Waals surface area contributed by atoms with Gasteiger partial charge in [-0.05, 0) is 31.9 Å². The van der Waals surface area contributed by atoms with Crippen molar-refractivity contribution in [3.8, 4) is 0 Å². The number of hydrogen-bond acceptors (Lipinski definition) is 3. The standard InChI is InChI=1S/C16H31N3OS/c1-5-16(6-2,21-4)11-18-14(17-3)19-9-7-15(12-19)8-10-20-13-15/h5-13H2,1-4H3,(H,17,18). The Kier molecular flexibility index (Phi) is 5.83. The van der Waals surface area contributed by atoms with E-state index in [9.17, 15) is 0 Å². The van der Waals surface area contributed by atoms with Crippen LogP contribution in [0, 0.1) is 5.41 Å². The van der Waals surface area contributed by atoms with Crippen LogP contribution in [0.4, 0.5) is 0 Å². The molecule has 2 heterocycles. The number of rotatable bonds is 5. The minimum absolute atomic E-state index is 0.323. The summed E-state index contributed by atoms with van der Waals surface area (Å²) < 4.78 is 5.94. The summed E-state index contributed by atoms with van der Waals surface area (Å²) in [6, 6.07) is 0. The van der Waals surface area contributed by atoms with Crippen LogP contribution in [0.5, 0.6) is 0 Å². The zero-order chi connectivity index (χ0) is 15.3. The van der Waals surface area contributed by atoms with Gasteiger partial charge in [-0.2, -0.15) is 11.8 Å². The lowest BCUT2D eigenvalue weighted by atomic mass is 9.87. The molecule has 2 aliphatic rings. The Morgan fingerprint density at radius 3 is 2.67 bits per heavy atom. The first kappa shape index (κ1) is 16.9. The van der Waals surface area contributed by atoms with Crippen LogP contribution in [0.15, 0.2) is 4.99 Å². The smallest absolute Gasteiger partial charge is 0.193 e. The number of guanidine groups is 1. The summed E-state index contributed by atoms with van der Waals surface area (Å²) in [5.41, 5.74) is 0.393. The summed E-state index contributed by atoms with van der Waals surface area (Å²) >= 11 is 1.98. The van der Waals surface area contributed by atoms with Crippen LogP contribution in [0.2, 0.25) is 0 Å². The van der Waals surface area contributed by atoms with Crippen LogP contribution in [0.3, 0.4) is 0 Å². The number of ether oxygens (including phenoxy) is 1. The van der Waals surface area contributed by atoms with E-state index in [1.165, 1.54) is 25.7 Å². The molecule has 2 aliphatic heterocycles. The Bertz CT molecular complexity index is 354. The van der Waals surface area contributed by atoms with Gasteiger partial charge in [-0.25, -0.2) is 0 Å². The fourth-order valence-corrected chi connectivity index (χ4v) is 4.31. The van der Waals surface area contributed by atoms with Gasteiger partial charge in [-0.3, -0.25) is 4.99 Å². The van der Waals surface area contributed by atoms with Crippen molar-refractivity contribution in [2.75, 3.05) is 46.2 Å². The highest BCUT2D eigenvalue weighted by Crippen LogP contribution is 2.38. The average molecular weight is 314 g/mol. The molecular formula is C16H31N3OS.